The molecule has 82 valence electrons. The van der Waals surface area contributed by atoms with E-state index in [9.17, 15) is 0 Å². The maximum atomic E-state index is 3.42. The topological polar surface area (TPSA) is 15.3 Å². The molecule has 2 rings (SSSR count). The van der Waals surface area contributed by atoms with Crippen LogP contribution >= 0.6 is 0 Å². The van der Waals surface area contributed by atoms with E-state index in [0.717, 1.165) is 23.9 Å². The largest absolute Gasteiger partial charge is 0.316 e. The summed E-state index contributed by atoms with van der Waals surface area (Å²) >= 11 is 0. The fourth-order valence-corrected chi connectivity index (χ4v) is 2.91. The second-order valence-electron chi connectivity index (χ2n) is 5.24. The third-order valence-corrected chi connectivity index (χ3v) is 4.23. The van der Waals surface area contributed by atoms with Crippen molar-refractivity contribution in [2.24, 2.45) is 11.8 Å². The number of nitrogens with one attached hydrogen (secondary N) is 1. The SMILES string of the molecule is CNC1CCCN(C(C)C2CC2C)C1. The predicted molar refractivity (Wildman–Crippen MR) is 60.4 cm³/mol. The molecule has 0 bridgehead atoms. The van der Waals surface area contributed by atoms with E-state index in [1.54, 1.807) is 0 Å². The van der Waals surface area contributed by atoms with Gasteiger partial charge in [0.1, 0.15) is 0 Å². The molecule has 14 heavy (non-hydrogen) atoms. The minimum absolute atomic E-state index is 0.736. The highest BCUT2D eigenvalue weighted by Gasteiger charge is 2.40. The lowest BCUT2D eigenvalue weighted by atomic mass is 10.0. The van der Waals surface area contributed by atoms with Gasteiger partial charge in [0.2, 0.25) is 0 Å². The van der Waals surface area contributed by atoms with Crippen molar-refractivity contribution in [2.75, 3.05) is 20.1 Å². The Balaban J connectivity index is 1.84. The van der Waals surface area contributed by atoms with E-state index in [2.05, 4.69) is 31.1 Å². The summed E-state index contributed by atoms with van der Waals surface area (Å²) in [6, 6.07) is 1.56. The van der Waals surface area contributed by atoms with Crippen LogP contribution in [0.2, 0.25) is 0 Å². The van der Waals surface area contributed by atoms with Crippen LogP contribution < -0.4 is 5.32 Å². The van der Waals surface area contributed by atoms with Gasteiger partial charge in [0.25, 0.3) is 0 Å². The highest BCUT2D eigenvalue weighted by molar-refractivity contribution is 4.93. The van der Waals surface area contributed by atoms with Gasteiger partial charge in [0.05, 0.1) is 0 Å². The van der Waals surface area contributed by atoms with Crippen molar-refractivity contribution in [2.45, 2.75) is 45.2 Å². The van der Waals surface area contributed by atoms with Crippen LogP contribution in [0, 0.1) is 11.8 Å². The third-order valence-electron chi connectivity index (χ3n) is 4.23. The smallest absolute Gasteiger partial charge is 0.0192 e. The average Bonchev–Trinajstić information content (AvgIpc) is 2.94. The number of rotatable bonds is 3. The summed E-state index contributed by atoms with van der Waals surface area (Å²) in [5, 5.41) is 3.42. The molecular weight excluding hydrogens is 172 g/mol. The number of hydrogen-bond acceptors (Lipinski definition) is 2. The molecule has 4 atom stereocenters. The van der Waals surface area contributed by atoms with Gasteiger partial charge in [-0.25, -0.2) is 0 Å². The maximum Gasteiger partial charge on any atom is 0.0192 e. The normalized spacial score (nSPS) is 40.9. The van der Waals surface area contributed by atoms with Crippen LogP contribution in [0.15, 0.2) is 0 Å². The van der Waals surface area contributed by atoms with Gasteiger partial charge in [0, 0.05) is 18.6 Å². The first-order valence-corrected chi connectivity index (χ1v) is 6.13. The van der Waals surface area contributed by atoms with Gasteiger partial charge in [-0.15, -0.1) is 0 Å². The molecule has 0 aromatic heterocycles. The van der Waals surface area contributed by atoms with Gasteiger partial charge in [0.15, 0.2) is 0 Å². The summed E-state index contributed by atoms with van der Waals surface area (Å²) in [4.78, 5) is 2.69. The molecule has 0 amide bonds. The molecule has 0 spiro atoms. The summed E-state index contributed by atoms with van der Waals surface area (Å²) in [7, 11) is 2.10. The van der Waals surface area contributed by atoms with Gasteiger partial charge in [-0.3, -0.25) is 4.90 Å². The minimum atomic E-state index is 0.736. The Hall–Kier alpha value is -0.0800. The fourth-order valence-electron chi connectivity index (χ4n) is 2.91. The lowest BCUT2D eigenvalue weighted by Gasteiger charge is -2.37. The Kier molecular flexibility index (Phi) is 3.13. The van der Waals surface area contributed by atoms with E-state index in [1.165, 1.54) is 32.4 Å². The Morgan fingerprint density at radius 3 is 2.71 bits per heavy atom. The van der Waals surface area contributed by atoms with E-state index < -0.39 is 0 Å². The molecule has 2 heteroatoms. The number of hydrogen-bond donors (Lipinski definition) is 1. The van der Waals surface area contributed by atoms with Crippen molar-refractivity contribution in [3.8, 4) is 0 Å². The molecule has 1 heterocycles. The number of piperidine rings is 1. The van der Waals surface area contributed by atoms with E-state index >= 15 is 0 Å². The number of likely N-dealkylation sites (tertiary alicyclic amines) is 1. The molecule has 1 aliphatic heterocycles. The Morgan fingerprint density at radius 2 is 2.14 bits per heavy atom. The molecule has 2 nitrogen and oxygen atoms in total. The Labute approximate surface area is 88.1 Å². The van der Waals surface area contributed by atoms with Gasteiger partial charge >= 0.3 is 0 Å². The van der Waals surface area contributed by atoms with E-state index in [1.807, 2.05) is 0 Å². The second kappa shape index (κ2) is 4.19. The van der Waals surface area contributed by atoms with Crippen molar-refractivity contribution in [1.29, 1.82) is 0 Å². The molecule has 1 aliphatic carbocycles. The molecule has 1 N–H and O–H groups in total. The Morgan fingerprint density at radius 1 is 1.43 bits per heavy atom. The monoisotopic (exact) mass is 196 g/mol. The predicted octanol–water partition coefficient (Wildman–Crippen LogP) is 1.71. The molecule has 2 aliphatic rings. The molecular formula is C12H24N2. The van der Waals surface area contributed by atoms with Crippen molar-refractivity contribution < 1.29 is 0 Å². The lowest BCUT2D eigenvalue weighted by molar-refractivity contribution is 0.132. The fraction of sp³-hybridized carbons (Fsp3) is 1.00. The lowest BCUT2D eigenvalue weighted by Crippen LogP contribution is -2.48. The van der Waals surface area contributed by atoms with Gasteiger partial charge in [-0.05, 0) is 51.6 Å². The molecule has 2 fully saturated rings. The van der Waals surface area contributed by atoms with Crippen molar-refractivity contribution in [3.63, 3.8) is 0 Å². The van der Waals surface area contributed by atoms with Crippen LogP contribution in [0.5, 0.6) is 0 Å². The van der Waals surface area contributed by atoms with Gasteiger partial charge in [-0.1, -0.05) is 6.92 Å². The molecule has 0 aromatic rings. The first-order valence-electron chi connectivity index (χ1n) is 6.13. The van der Waals surface area contributed by atoms with Crippen molar-refractivity contribution in [1.82, 2.24) is 10.2 Å². The van der Waals surface area contributed by atoms with Crippen LogP contribution in [0.4, 0.5) is 0 Å². The first-order chi connectivity index (χ1) is 6.72. The zero-order valence-electron chi connectivity index (χ0n) is 9.79. The summed E-state index contributed by atoms with van der Waals surface area (Å²) in [5.74, 6) is 1.98. The van der Waals surface area contributed by atoms with Gasteiger partial charge in [-0.2, -0.15) is 0 Å². The quantitative estimate of drug-likeness (QED) is 0.739. The maximum absolute atomic E-state index is 3.42. The summed E-state index contributed by atoms with van der Waals surface area (Å²) < 4.78 is 0. The third kappa shape index (κ3) is 2.12. The van der Waals surface area contributed by atoms with Crippen LogP contribution in [0.3, 0.4) is 0 Å². The number of likely N-dealkylation sites (N-methyl/N-ethyl adjacent to an activating group) is 1. The average molecular weight is 196 g/mol. The zero-order valence-corrected chi connectivity index (χ0v) is 9.79. The zero-order chi connectivity index (χ0) is 10.1. The molecule has 1 saturated heterocycles. The minimum Gasteiger partial charge on any atom is -0.316 e. The molecule has 1 saturated carbocycles. The second-order valence-corrected chi connectivity index (χ2v) is 5.24. The van der Waals surface area contributed by atoms with Crippen LogP contribution in [-0.4, -0.2) is 37.1 Å². The van der Waals surface area contributed by atoms with E-state index in [4.69, 9.17) is 0 Å². The van der Waals surface area contributed by atoms with Crippen LogP contribution in [-0.2, 0) is 0 Å². The van der Waals surface area contributed by atoms with E-state index in [0.29, 0.717) is 0 Å². The van der Waals surface area contributed by atoms with Crippen molar-refractivity contribution >= 4 is 0 Å². The molecule has 0 radical (unpaired) electrons. The first kappa shape index (κ1) is 10.4. The summed E-state index contributed by atoms with van der Waals surface area (Å²) in [6.07, 6.45) is 4.19. The van der Waals surface area contributed by atoms with Crippen molar-refractivity contribution in [3.05, 3.63) is 0 Å². The van der Waals surface area contributed by atoms with Crippen LogP contribution in [0.1, 0.15) is 33.1 Å². The summed E-state index contributed by atoms with van der Waals surface area (Å²) in [5.41, 5.74) is 0. The van der Waals surface area contributed by atoms with Gasteiger partial charge < -0.3 is 5.32 Å². The standard InChI is InChI=1S/C12H24N2/c1-9-7-12(9)10(2)14-6-4-5-11(8-14)13-3/h9-13H,4-8H2,1-3H3. The summed E-state index contributed by atoms with van der Waals surface area (Å²) in [6.45, 7) is 7.40. The molecule has 4 unspecified atom stereocenters. The number of nitrogens with zero attached hydrogens (tertiary/aromatic N) is 1. The van der Waals surface area contributed by atoms with E-state index in [-0.39, 0.29) is 0 Å². The highest BCUT2D eigenvalue weighted by Crippen LogP contribution is 2.42. The molecule has 0 aromatic carbocycles. The highest BCUT2D eigenvalue weighted by atomic mass is 15.2. The van der Waals surface area contributed by atoms with Crippen LogP contribution in [0.25, 0.3) is 0 Å². The Bertz CT molecular complexity index is 193.